The molecule has 34 heavy (non-hydrogen) atoms. The van der Waals surface area contributed by atoms with E-state index in [-0.39, 0.29) is 11.8 Å². The molecule has 0 radical (unpaired) electrons. The van der Waals surface area contributed by atoms with Crippen LogP contribution in [0.5, 0.6) is 5.75 Å². The molecule has 0 unspecified atom stereocenters. The van der Waals surface area contributed by atoms with Crippen molar-refractivity contribution in [3.63, 3.8) is 0 Å². The van der Waals surface area contributed by atoms with Crippen molar-refractivity contribution in [3.8, 4) is 5.75 Å². The fourth-order valence-corrected chi connectivity index (χ4v) is 4.50. The lowest BCUT2D eigenvalue weighted by Gasteiger charge is -2.29. The van der Waals surface area contributed by atoms with E-state index in [1.54, 1.807) is 48.6 Å². The minimum atomic E-state index is -0.949. The van der Waals surface area contributed by atoms with Crippen molar-refractivity contribution in [1.29, 1.82) is 0 Å². The van der Waals surface area contributed by atoms with Crippen LogP contribution in [0.1, 0.15) is 18.5 Å². The SMILES string of the molecule is COc1ccc(N2C(=O)[C@H]3[C@@H](c4ccc(NC(C)=O)cc4)N(c4ccccc4)O[C@H]3C2=O)cc1. The number of anilines is 3. The van der Waals surface area contributed by atoms with Gasteiger partial charge in [0.05, 0.1) is 24.5 Å². The molecule has 172 valence electrons. The van der Waals surface area contributed by atoms with Gasteiger partial charge in [0.15, 0.2) is 6.10 Å². The number of nitrogens with one attached hydrogen (secondary N) is 1. The molecule has 3 atom stereocenters. The van der Waals surface area contributed by atoms with Gasteiger partial charge in [0.25, 0.3) is 5.91 Å². The first-order valence-electron chi connectivity index (χ1n) is 10.9. The fraction of sp³-hybridized carbons (Fsp3) is 0.192. The predicted octanol–water partition coefficient (Wildman–Crippen LogP) is 3.70. The average molecular weight is 457 g/mol. The van der Waals surface area contributed by atoms with Gasteiger partial charge in [0.1, 0.15) is 11.7 Å². The molecule has 2 aliphatic heterocycles. The largest absolute Gasteiger partial charge is 0.497 e. The lowest BCUT2D eigenvalue weighted by atomic mass is 9.90. The van der Waals surface area contributed by atoms with Crippen molar-refractivity contribution in [1.82, 2.24) is 0 Å². The number of carbonyl (C=O) groups is 3. The molecule has 0 bridgehead atoms. The minimum Gasteiger partial charge on any atom is -0.497 e. The third kappa shape index (κ3) is 3.68. The summed E-state index contributed by atoms with van der Waals surface area (Å²) < 4.78 is 5.19. The number of amides is 3. The van der Waals surface area contributed by atoms with Gasteiger partial charge in [-0.05, 0) is 54.1 Å². The Balaban J connectivity index is 1.53. The number of fused-ring (bicyclic) bond motifs is 1. The van der Waals surface area contributed by atoms with Crippen molar-refractivity contribution >= 4 is 34.8 Å². The van der Waals surface area contributed by atoms with E-state index in [0.29, 0.717) is 17.1 Å². The molecule has 2 heterocycles. The van der Waals surface area contributed by atoms with Crippen molar-refractivity contribution in [2.75, 3.05) is 22.4 Å². The number of carbonyl (C=O) groups excluding carboxylic acids is 3. The maximum atomic E-state index is 13.6. The van der Waals surface area contributed by atoms with E-state index in [9.17, 15) is 14.4 Å². The zero-order chi connectivity index (χ0) is 23.8. The van der Waals surface area contributed by atoms with Gasteiger partial charge >= 0.3 is 0 Å². The van der Waals surface area contributed by atoms with E-state index in [1.165, 1.54) is 11.8 Å². The molecule has 0 saturated carbocycles. The first kappa shape index (κ1) is 21.7. The number of methoxy groups -OCH3 is 1. The predicted molar refractivity (Wildman–Crippen MR) is 126 cm³/mol. The summed E-state index contributed by atoms with van der Waals surface area (Å²) in [6.07, 6.45) is -0.949. The quantitative estimate of drug-likeness (QED) is 0.588. The summed E-state index contributed by atoms with van der Waals surface area (Å²) in [5.74, 6) is -1.00. The van der Waals surface area contributed by atoms with E-state index < -0.39 is 24.0 Å². The van der Waals surface area contributed by atoms with Crippen LogP contribution in [-0.4, -0.2) is 30.9 Å². The smallest absolute Gasteiger partial charge is 0.266 e. The number of para-hydroxylation sites is 1. The molecule has 3 amide bonds. The second kappa shape index (κ2) is 8.64. The van der Waals surface area contributed by atoms with Gasteiger partial charge in [-0.1, -0.05) is 30.3 Å². The number of hydroxylamine groups is 1. The van der Waals surface area contributed by atoms with Crippen molar-refractivity contribution in [2.45, 2.75) is 19.1 Å². The number of imide groups is 1. The summed E-state index contributed by atoms with van der Waals surface area (Å²) in [5.41, 5.74) is 2.65. The Kier molecular flexibility index (Phi) is 5.51. The molecule has 0 aliphatic carbocycles. The molecule has 5 rings (SSSR count). The number of benzene rings is 3. The zero-order valence-corrected chi connectivity index (χ0v) is 18.7. The van der Waals surface area contributed by atoms with E-state index in [2.05, 4.69) is 5.32 Å². The van der Waals surface area contributed by atoms with Gasteiger partial charge in [-0.25, -0.2) is 9.96 Å². The topological polar surface area (TPSA) is 88.2 Å². The van der Waals surface area contributed by atoms with Crippen molar-refractivity contribution in [2.24, 2.45) is 5.92 Å². The molecular formula is C26H23N3O5. The summed E-state index contributed by atoms with van der Waals surface area (Å²) in [6, 6.07) is 22.8. The molecule has 1 N–H and O–H groups in total. The second-order valence-electron chi connectivity index (χ2n) is 8.17. The maximum Gasteiger partial charge on any atom is 0.266 e. The molecule has 0 aromatic heterocycles. The first-order chi connectivity index (χ1) is 16.5. The van der Waals surface area contributed by atoms with Crippen LogP contribution in [-0.2, 0) is 19.2 Å². The zero-order valence-electron chi connectivity index (χ0n) is 18.7. The van der Waals surface area contributed by atoms with Gasteiger partial charge in [-0.3, -0.25) is 19.2 Å². The Labute approximate surface area is 196 Å². The van der Waals surface area contributed by atoms with E-state index in [0.717, 1.165) is 11.3 Å². The van der Waals surface area contributed by atoms with Crippen LogP contribution < -0.4 is 20.0 Å². The van der Waals surface area contributed by atoms with Crippen molar-refractivity contribution < 1.29 is 24.0 Å². The highest BCUT2D eigenvalue weighted by molar-refractivity contribution is 6.24. The van der Waals surface area contributed by atoms with Crippen LogP contribution in [0.15, 0.2) is 78.9 Å². The Morgan fingerprint density at radius 1 is 0.882 bits per heavy atom. The summed E-state index contributed by atoms with van der Waals surface area (Å²) in [4.78, 5) is 45.7. The van der Waals surface area contributed by atoms with Crippen LogP contribution in [0, 0.1) is 5.92 Å². The number of hydrogen-bond acceptors (Lipinski definition) is 6. The monoisotopic (exact) mass is 457 g/mol. The molecule has 2 aliphatic rings. The Morgan fingerprint density at radius 2 is 1.56 bits per heavy atom. The second-order valence-corrected chi connectivity index (χ2v) is 8.17. The van der Waals surface area contributed by atoms with Crippen LogP contribution in [0.25, 0.3) is 0 Å². The third-order valence-corrected chi connectivity index (χ3v) is 6.03. The molecule has 3 aromatic carbocycles. The highest BCUT2D eigenvalue weighted by Gasteiger charge is 2.60. The normalized spacial score (nSPS) is 21.5. The molecular weight excluding hydrogens is 434 g/mol. The molecule has 8 nitrogen and oxygen atoms in total. The van der Waals surface area contributed by atoms with Gasteiger partial charge in [-0.15, -0.1) is 0 Å². The summed E-state index contributed by atoms with van der Waals surface area (Å²) >= 11 is 0. The highest BCUT2D eigenvalue weighted by atomic mass is 16.7. The van der Waals surface area contributed by atoms with Crippen LogP contribution >= 0.6 is 0 Å². The molecule has 0 spiro atoms. The number of hydrogen-bond donors (Lipinski definition) is 1. The molecule has 2 saturated heterocycles. The van der Waals surface area contributed by atoms with Crippen molar-refractivity contribution in [3.05, 3.63) is 84.4 Å². The molecule has 8 heteroatoms. The summed E-state index contributed by atoms with van der Waals surface area (Å²) in [6.45, 7) is 1.44. The lowest BCUT2D eigenvalue weighted by molar-refractivity contribution is -0.126. The number of nitrogens with zero attached hydrogens (tertiary/aromatic N) is 2. The van der Waals surface area contributed by atoms with E-state index >= 15 is 0 Å². The third-order valence-electron chi connectivity index (χ3n) is 6.03. The van der Waals surface area contributed by atoms with E-state index in [4.69, 9.17) is 9.57 Å². The Hall–Kier alpha value is -4.17. The standard InChI is InChI=1S/C26H23N3O5/c1-16(30)27-18-10-8-17(9-11-18)23-22-24(34-29(23)20-6-4-3-5-7-20)26(32)28(25(22)31)19-12-14-21(33-2)15-13-19/h3-15,22-24H,1-2H3,(H,27,30)/t22-,23+,24+/m0/s1. The van der Waals surface area contributed by atoms with Gasteiger partial charge in [0, 0.05) is 12.6 Å². The maximum absolute atomic E-state index is 13.6. The molecule has 2 fully saturated rings. The fourth-order valence-electron chi connectivity index (χ4n) is 4.50. The number of rotatable bonds is 5. The van der Waals surface area contributed by atoms with Crippen LogP contribution in [0.3, 0.4) is 0 Å². The molecule has 3 aromatic rings. The van der Waals surface area contributed by atoms with Crippen LogP contribution in [0.2, 0.25) is 0 Å². The average Bonchev–Trinajstić information content (AvgIpc) is 3.36. The number of ether oxygens (including phenoxy) is 1. The Bertz CT molecular complexity index is 1230. The Morgan fingerprint density at radius 3 is 2.18 bits per heavy atom. The highest BCUT2D eigenvalue weighted by Crippen LogP contribution is 2.47. The van der Waals surface area contributed by atoms with Gasteiger partial charge in [-0.2, -0.15) is 0 Å². The van der Waals surface area contributed by atoms with E-state index in [1.807, 2.05) is 42.5 Å². The summed E-state index contributed by atoms with van der Waals surface area (Å²) in [5, 5.41) is 4.38. The van der Waals surface area contributed by atoms with Crippen LogP contribution in [0.4, 0.5) is 17.1 Å². The van der Waals surface area contributed by atoms with Gasteiger partial charge < -0.3 is 10.1 Å². The summed E-state index contributed by atoms with van der Waals surface area (Å²) in [7, 11) is 1.55. The van der Waals surface area contributed by atoms with Gasteiger partial charge in [0.2, 0.25) is 11.8 Å². The minimum absolute atomic E-state index is 0.172. The first-order valence-corrected chi connectivity index (χ1v) is 10.9. The lowest BCUT2D eigenvalue weighted by Crippen LogP contribution is -2.37.